The van der Waals surface area contributed by atoms with Gasteiger partial charge in [-0.05, 0) is 94.0 Å². The fraction of sp³-hybridized carbons (Fsp3) is 0.0233. The van der Waals surface area contributed by atoms with Crippen LogP contribution in [0.4, 0.5) is 17.1 Å². The maximum atomic E-state index is 2.40. The van der Waals surface area contributed by atoms with Gasteiger partial charge in [0.05, 0.1) is 11.0 Å². The Morgan fingerprint density at radius 3 is 1.80 bits per heavy atom. The SMILES string of the molecule is c1ccc(-c2ccc3c(c2)c2ccccc2n3-c2ccc(-c3ccc4c(c3)Cc3ccccc3N4c3ccccc3)cc2)cc1. The summed E-state index contributed by atoms with van der Waals surface area (Å²) in [7, 11) is 0. The van der Waals surface area contributed by atoms with Gasteiger partial charge in [0, 0.05) is 39.9 Å². The van der Waals surface area contributed by atoms with Crippen LogP contribution in [0.5, 0.6) is 0 Å². The average molecular weight is 575 g/mol. The van der Waals surface area contributed by atoms with Crippen molar-refractivity contribution in [2.24, 2.45) is 0 Å². The molecule has 0 unspecified atom stereocenters. The quantitative estimate of drug-likeness (QED) is 0.203. The summed E-state index contributed by atoms with van der Waals surface area (Å²) in [5, 5.41) is 2.54. The molecule has 0 N–H and O–H groups in total. The van der Waals surface area contributed by atoms with Crippen molar-refractivity contribution in [3.05, 3.63) is 181 Å². The summed E-state index contributed by atoms with van der Waals surface area (Å²) in [4.78, 5) is 2.40. The lowest BCUT2D eigenvalue weighted by Gasteiger charge is -2.33. The number of benzene rings is 7. The second-order valence-corrected chi connectivity index (χ2v) is 11.8. The summed E-state index contributed by atoms with van der Waals surface area (Å²) < 4.78 is 2.39. The molecule has 2 heterocycles. The lowest BCUT2D eigenvalue weighted by atomic mass is 9.92. The predicted molar refractivity (Wildman–Crippen MR) is 189 cm³/mol. The van der Waals surface area contributed by atoms with Crippen LogP contribution in [0, 0.1) is 0 Å². The van der Waals surface area contributed by atoms with E-state index in [2.05, 4.69) is 179 Å². The highest BCUT2D eigenvalue weighted by molar-refractivity contribution is 6.10. The predicted octanol–water partition coefficient (Wildman–Crippen LogP) is 11.5. The summed E-state index contributed by atoms with van der Waals surface area (Å²) in [6.07, 6.45) is 0.924. The molecule has 0 radical (unpaired) electrons. The van der Waals surface area contributed by atoms with Crippen LogP contribution in [0.3, 0.4) is 0 Å². The van der Waals surface area contributed by atoms with Gasteiger partial charge < -0.3 is 9.47 Å². The van der Waals surface area contributed by atoms with Crippen molar-refractivity contribution >= 4 is 38.9 Å². The van der Waals surface area contributed by atoms with Gasteiger partial charge in [0.1, 0.15) is 0 Å². The standard InChI is InChI=1S/C43H30N2/c1-3-11-30(12-4-1)33-22-26-43-39(29-33)38-16-8-10-18-42(38)45(43)37-23-19-31(20-24-37)32-21-25-41-35(27-32)28-34-13-7-9-17-40(34)44(41)36-14-5-2-6-15-36/h1-27,29H,28H2. The van der Waals surface area contributed by atoms with Gasteiger partial charge in [-0.15, -0.1) is 0 Å². The summed E-state index contributed by atoms with van der Waals surface area (Å²) in [5.41, 5.74) is 14.9. The van der Waals surface area contributed by atoms with Crippen molar-refractivity contribution < 1.29 is 0 Å². The number of hydrogen-bond acceptors (Lipinski definition) is 1. The zero-order chi connectivity index (χ0) is 29.7. The molecule has 2 nitrogen and oxygen atoms in total. The van der Waals surface area contributed by atoms with Gasteiger partial charge in [0.25, 0.3) is 0 Å². The van der Waals surface area contributed by atoms with E-state index in [1.807, 2.05) is 0 Å². The topological polar surface area (TPSA) is 8.17 Å². The number of anilines is 3. The van der Waals surface area contributed by atoms with Gasteiger partial charge in [-0.3, -0.25) is 0 Å². The summed E-state index contributed by atoms with van der Waals surface area (Å²) in [5.74, 6) is 0. The Morgan fingerprint density at radius 2 is 0.956 bits per heavy atom. The van der Waals surface area contributed by atoms with Crippen molar-refractivity contribution in [2.75, 3.05) is 4.90 Å². The van der Waals surface area contributed by atoms with Crippen LogP contribution in [0.25, 0.3) is 49.7 Å². The molecule has 0 aliphatic carbocycles. The molecule has 1 aliphatic heterocycles. The van der Waals surface area contributed by atoms with E-state index in [0.717, 1.165) is 6.42 Å². The maximum absolute atomic E-state index is 2.40. The van der Waals surface area contributed by atoms with Crippen LogP contribution >= 0.6 is 0 Å². The van der Waals surface area contributed by atoms with Crippen molar-refractivity contribution in [1.82, 2.24) is 4.57 Å². The Labute approximate surface area is 263 Å². The number of hydrogen-bond donors (Lipinski definition) is 0. The van der Waals surface area contributed by atoms with Gasteiger partial charge in [-0.25, -0.2) is 0 Å². The molecule has 0 spiro atoms. The Hall–Kier alpha value is -5.86. The van der Waals surface area contributed by atoms with Crippen molar-refractivity contribution in [1.29, 1.82) is 0 Å². The van der Waals surface area contributed by atoms with Gasteiger partial charge in [-0.2, -0.15) is 0 Å². The van der Waals surface area contributed by atoms with Crippen LogP contribution in [-0.4, -0.2) is 4.57 Å². The Balaban J connectivity index is 1.11. The smallest absolute Gasteiger partial charge is 0.0541 e. The van der Waals surface area contributed by atoms with E-state index in [1.165, 1.54) is 77.9 Å². The normalized spacial score (nSPS) is 12.3. The van der Waals surface area contributed by atoms with E-state index in [4.69, 9.17) is 0 Å². The van der Waals surface area contributed by atoms with E-state index in [1.54, 1.807) is 0 Å². The van der Waals surface area contributed by atoms with Crippen LogP contribution in [0.2, 0.25) is 0 Å². The molecule has 0 bridgehead atoms. The number of nitrogens with zero attached hydrogens (tertiary/aromatic N) is 2. The monoisotopic (exact) mass is 574 g/mol. The van der Waals surface area contributed by atoms with Crippen molar-refractivity contribution in [2.45, 2.75) is 6.42 Å². The molecular formula is C43H30N2. The van der Waals surface area contributed by atoms with Gasteiger partial charge in [0.2, 0.25) is 0 Å². The molecule has 0 fully saturated rings. The first-order chi connectivity index (χ1) is 22.3. The lowest BCUT2D eigenvalue weighted by Crippen LogP contribution is -2.18. The second kappa shape index (κ2) is 10.4. The average Bonchev–Trinajstić information content (AvgIpc) is 3.45. The third kappa shape index (κ3) is 4.26. The highest BCUT2D eigenvalue weighted by atomic mass is 15.2. The first-order valence-corrected chi connectivity index (χ1v) is 15.6. The molecule has 0 saturated carbocycles. The van der Waals surface area contributed by atoms with Crippen LogP contribution in [-0.2, 0) is 6.42 Å². The second-order valence-electron chi connectivity index (χ2n) is 11.8. The Morgan fingerprint density at radius 1 is 0.356 bits per heavy atom. The lowest BCUT2D eigenvalue weighted by molar-refractivity contribution is 1.09. The Kier molecular flexibility index (Phi) is 5.92. The zero-order valence-corrected chi connectivity index (χ0v) is 24.8. The molecule has 9 rings (SSSR count). The van der Waals surface area contributed by atoms with Crippen molar-refractivity contribution in [3.8, 4) is 27.9 Å². The highest BCUT2D eigenvalue weighted by Gasteiger charge is 2.24. The highest BCUT2D eigenvalue weighted by Crippen LogP contribution is 2.45. The Bertz CT molecular complexity index is 2330. The molecule has 45 heavy (non-hydrogen) atoms. The first kappa shape index (κ1) is 25.6. The number of para-hydroxylation sites is 3. The van der Waals surface area contributed by atoms with Crippen LogP contribution in [0.1, 0.15) is 11.1 Å². The zero-order valence-electron chi connectivity index (χ0n) is 24.8. The largest absolute Gasteiger partial charge is 0.310 e. The van der Waals surface area contributed by atoms with Gasteiger partial charge >= 0.3 is 0 Å². The van der Waals surface area contributed by atoms with Crippen LogP contribution < -0.4 is 4.90 Å². The molecule has 1 aliphatic rings. The fourth-order valence-electron chi connectivity index (χ4n) is 7.06. The third-order valence-electron chi connectivity index (χ3n) is 9.19. The van der Waals surface area contributed by atoms with E-state index in [0.29, 0.717) is 0 Å². The molecule has 0 amide bonds. The minimum atomic E-state index is 0.924. The molecule has 2 heteroatoms. The van der Waals surface area contributed by atoms with E-state index in [9.17, 15) is 0 Å². The minimum absolute atomic E-state index is 0.924. The van der Waals surface area contributed by atoms with Crippen molar-refractivity contribution in [3.63, 3.8) is 0 Å². The maximum Gasteiger partial charge on any atom is 0.0541 e. The summed E-state index contributed by atoms with van der Waals surface area (Å²) >= 11 is 0. The molecule has 0 saturated heterocycles. The molecule has 1 aromatic heterocycles. The minimum Gasteiger partial charge on any atom is -0.310 e. The third-order valence-corrected chi connectivity index (χ3v) is 9.19. The molecule has 0 atom stereocenters. The fourth-order valence-corrected chi connectivity index (χ4v) is 7.06. The van der Waals surface area contributed by atoms with Crippen LogP contribution in [0.15, 0.2) is 170 Å². The van der Waals surface area contributed by atoms with E-state index >= 15 is 0 Å². The number of fused-ring (bicyclic) bond motifs is 5. The van der Waals surface area contributed by atoms with E-state index in [-0.39, 0.29) is 0 Å². The summed E-state index contributed by atoms with van der Waals surface area (Å²) in [6, 6.07) is 61.6. The molecular weight excluding hydrogens is 544 g/mol. The first-order valence-electron chi connectivity index (χ1n) is 15.6. The number of rotatable bonds is 4. The molecule has 8 aromatic rings. The summed E-state index contributed by atoms with van der Waals surface area (Å²) in [6.45, 7) is 0. The number of aromatic nitrogens is 1. The molecule has 7 aromatic carbocycles. The van der Waals surface area contributed by atoms with E-state index < -0.39 is 0 Å². The molecule has 212 valence electrons. The van der Waals surface area contributed by atoms with Gasteiger partial charge in [-0.1, -0.05) is 109 Å². The van der Waals surface area contributed by atoms with Gasteiger partial charge in [0.15, 0.2) is 0 Å².